The van der Waals surface area contributed by atoms with Gasteiger partial charge in [0, 0.05) is 26.2 Å². The predicted molar refractivity (Wildman–Crippen MR) is 96.2 cm³/mol. The molecule has 1 aromatic rings. The van der Waals surface area contributed by atoms with Crippen molar-refractivity contribution in [2.75, 3.05) is 46.0 Å². The summed E-state index contributed by atoms with van der Waals surface area (Å²) < 4.78 is 10.7. The zero-order valence-corrected chi connectivity index (χ0v) is 14.3. The molecule has 7 heteroatoms. The maximum Gasteiger partial charge on any atom is 0.187 e. The molecule has 6 nitrogen and oxygen atoms in total. The largest absolute Gasteiger partial charge is 0.494 e. The highest BCUT2D eigenvalue weighted by Crippen LogP contribution is 2.10. The van der Waals surface area contributed by atoms with E-state index < -0.39 is 0 Å². The number of rotatable bonds is 7. The number of ether oxygens (including phenoxy) is 2. The van der Waals surface area contributed by atoms with E-state index in [9.17, 15) is 0 Å². The third-order valence-electron chi connectivity index (χ3n) is 3.39. The Morgan fingerprint density at radius 1 is 1.35 bits per heavy atom. The van der Waals surface area contributed by atoms with Crippen LogP contribution in [0.4, 0.5) is 0 Å². The SMILES string of the molecule is CCOc1ccc(/C=N\NC(=S)NCCN2CCOCC2)cc1. The Bertz CT molecular complexity index is 501. The van der Waals surface area contributed by atoms with E-state index in [4.69, 9.17) is 21.7 Å². The van der Waals surface area contributed by atoms with Gasteiger partial charge in [0.05, 0.1) is 26.0 Å². The van der Waals surface area contributed by atoms with Gasteiger partial charge in [0.2, 0.25) is 0 Å². The van der Waals surface area contributed by atoms with E-state index >= 15 is 0 Å². The molecular weight excluding hydrogens is 312 g/mol. The van der Waals surface area contributed by atoms with Gasteiger partial charge < -0.3 is 14.8 Å². The normalized spacial score (nSPS) is 15.5. The maximum absolute atomic E-state index is 5.40. The number of nitrogens with one attached hydrogen (secondary N) is 2. The molecule has 0 unspecified atom stereocenters. The first-order chi connectivity index (χ1) is 11.3. The van der Waals surface area contributed by atoms with Crippen LogP contribution in [0.3, 0.4) is 0 Å². The average Bonchev–Trinajstić information content (AvgIpc) is 2.58. The lowest BCUT2D eigenvalue weighted by atomic mass is 10.2. The van der Waals surface area contributed by atoms with E-state index in [1.807, 2.05) is 31.2 Å². The number of thiocarbonyl (C=S) groups is 1. The molecule has 2 rings (SSSR count). The summed E-state index contributed by atoms with van der Waals surface area (Å²) in [5.41, 5.74) is 3.81. The van der Waals surface area contributed by atoms with Gasteiger partial charge in [-0.05, 0) is 49.0 Å². The molecule has 0 aliphatic carbocycles. The van der Waals surface area contributed by atoms with Crippen molar-refractivity contribution < 1.29 is 9.47 Å². The van der Waals surface area contributed by atoms with E-state index in [2.05, 4.69) is 20.7 Å². The van der Waals surface area contributed by atoms with Crippen molar-refractivity contribution in [2.45, 2.75) is 6.92 Å². The zero-order valence-electron chi connectivity index (χ0n) is 13.5. The summed E-state index contributed by atoms with van der Waals surface area (Å²) in [6, 6.07) is 7.74. The van der Waals surface area contributed by atoms with Crippen LogP contribution in [0.2, 0.25) is 0 Å². The Balaban J connectivity index is 1.63. The molecule has 0 aromatic heterocycles. The molecule has 1 aliphatic heterocycles. The van der Waals surface area contributed by atoms with Gasteiger partial charge in [0.15, 0.2) is 5.11 Å². The van der Waals surface area contributed by atoms with Crippen LogP contribution in [0, 0.1) is 0 Å². The number of hydrazone groups is 1. The summed E-state index contributed by atoms with van der Waals surface area (Å²) in [7, 11) is 0. The number of morpholine rings is 1. The molecule has 0 bridgehead atoms. The molecule has 0 radical (unpaired) electrons. The summed E-state index contributed by atoms with van der Waals surface area (Å²) in [6.45, 7) is 7.98. The average molecular weight is 336 g/mol. The second-order valence-electron chi connectivity index (χ2n) is 5.08. The monoisotopic (exact) mass is 336 g/mol. The molecule has 0 atom stereocenters. The minimum absolute atomic E-state index is 0.528. The first-order valence-electron chi connectivity index (χ1n) is 7.88. The Labute approximate surface area is 142 Å². The molecule has 1 aliphatic rings. The van der Waals surface area contributed by atoms with Crippen molar-refractivity contribution in [3.8, 4) is 5.75 Å². The molecule has 2 N–H and O–H groups in total. The fraction of sp³-hybridized carbons (Fsp3) is 0.500. The summed E-state index contributed by atoms with van der Waals surface area (Å²) in [5, 5.41) is 7.80. The van der Waals surface area contributed by atoms with Crippen LogP contribution in [0.25, 0.3) is 0 Å². The standard InChI is InChI=1S/C16H24N4O2S/c1-2-22-15-5-3-14(4-6-15)13-18-19-16(23)17-7-8-20-9-11-21-12-10-20/h3-6,13H,2,7-12H2,1H3,(H2,17,19,23)/b18-13-. The minimum Gasteiger partial charge on any atom is -0.494 e. The van der Waals surface area contributed by atoms with E-state index in [1.54, 1.807) is 6.21 Å². The summed E-state index contributed by atoms with van der Waals surface area (Å²) in [4.78, 5) is 2.35. The maximum atomic E-state index is 5.40. The van der Waals surface area contributed by atoms with Crippen LogP contribution in [0.15, 0.2) is 29.4 Å². The van der Waals surface area contributed by atoms with Gasteiger partial charge in [0.1, 0.15) is 5.75 Å². The Morgan fingerprint density at radius 2 is 2.09 bits per heavy atom. The summed E-state index contributed by atoms with van der Waals surface area (Å²) >= 11 is 5.19. The van der Waals surface area contributed by atoms with E-state index in [-0.39, 0.29) is 0 Å². The van der Waals surface area contributed by atoms with E-state index in [1.165, 1.54) is 0 Å². The number of nitrogens with zero attached hydrogens (tertiary/aromatic N) is 2. The predicted octanol–water partition coefficient (Wildman–Crippen LogP) is 1.22. The van der Waals surface area contributed by atoms with Gasteiger partial charge in [-0.15, -0.1) is 0 Å². The molecule has 0 saturated carbocycles. The first-order valence-corrected chi connectivity index (χ1v) is 8.28. The van der Waals surface area contributed by atoms with Crippen LogP contribution in [-0.2, 0) is 4.74 Å². The Kier molecular flexibility index (Phi) is 7.79. The highest BCUT2D eigenvalue weighted by atomic mass is 32.1. The van der Waals surface area contributed by atoms with Gasteiger partial charge in [0.25, 0.3) is 0 Å². The first kappa shape index (κ1) is 17.7. The Hall–Kier alpha value is -1.70. The molecule has 1 aromatic carbocycles. The lowest BCUT2D eigenvalue weighted by Crippen LogP contribution is -2.42. The Morgan fingerprint density at radius 3 is 2.78 bits per heavy atom. The van der Waals surface area contributed by atoms with Gasteiger partial charge in [-0.25, -0.2) is 0 Å². The fourth-order valence-corrected chi connectivity index (χ4v) is 2.33. The number of benzene rings is 1. The van der Waals surface area contributed by atoms with Crippen molar-refractivity contribution in [1.29, 1.82) is 0 Å². The van der Waals surface area contributed by atoms with Crippen molar-refractivity contribution in [2.24, 2.45) is 5.10 Å². The highest BCUT2D eigenvalue weighted by molar-refractivity contribution is 7.80. The van der Waals surface area contributed by atoms with E-state index in [0.29, 0.717) is 11.7 Å². The van der Waals surface area contributed by atoms with Crippen LogP contribution in [0.1, 0.15) is 12.5 Å². The van der Waals surface area contributed by atoms with Gasteiger partial charge in [-0.1, -0.05) is 0 Å². The van der Waals surface area contributed by atoms with Gasteiger partial charge in [-0.2, -0.15) is 5.10 Å². The second kappa shape index (κ2) is 10.1. The lowest BCUT2D eigenvalue weighted by Gasteiger charge is -2.26. The number of hydrogen-bond donors (Lipinski definition) is 2. The molecular formula is C16H24N4O2S. The lowest BCUT2D eigenvalue weighted by molar-refractivity contribution is 0.0389. The zero-order chi connectivity index (χ0) is 16.3. The second-order valence-corrected chi connectivity index (χ2v) is 5.49. The van der Waals surface area contributed by atoms with Crippen molar-refractivity contribution in [3.63, 3.8) is 0 Å². The minimum atomic E-state index is 0.528. The van der Waals surface area contributed by atoms with Crippen molar-refractivity contribution in [1.82, 2.24) is 15.6 Å². The summed E-state index contributed by atoms with van der Waals surface area (Å²) in [5.74, 6) is 0.859. The van der Waals surface area contributed by atoms with Crippen molar-refractivity contribution >= 4 is 23.5 Å². The quantitative estimate of drug-likeness (QED) is 0.444. The van der Waals surface area contributed by atoms with Gasteiger partial charge in [-0.3, -0.25) is 10.3 Å². The van der Waals surface area contributed by atoms with Crippen LogP contribution < -0.4 is 15.5 Å². The fourth-order valence-electron chi connectivity index (χ4n) is 2.17. The molecule has 0 amide bonds. The topological polar surface area (TPSA) is 58.1 Å². The van der Waals surface area contributed by atoms with Crippen LogP contribution >= 0.6 is 12.2 Å². The molecule has 1 fully saturated rings. The smallest absolute Gasteiger partial charge is 0.187 e. The number of hydrogen-bond acceptors (Lipinski definition) is 5. The van der Waals surface area contributed by atoms with E-state index in [0.717, 1.165) is 50.7 Å². The molecule has 126 valence electrons. The molecule has 1 heterocycles. The molecule has 1 saturated heterocycles. The summed E-state index contributed by atoms with van der Waals surface area (Å²) in [6.07, 6.45) is 1.73. The third kappa shape index (κ3) is 6.94. The molecule has 23 heavy (non-hydrogen) atoms. The molecule has 0 spiro atoms. The van der Waals surface area contributed by atoms with Crippen LogP contribution in [0.5, 0.6) is 5.75 Å². The third-order valence-corrected chi connectivity index (χ3v) is 3.62. The van der Waals surface area contributed by atoms with Gasteiger partial charge >= 0.3 is 0 Å². The highest BCUT2D eigenvalue weighted by Gasteiger charge is 2.09. The van der Waals surface area contributed by atoms with Crippen molar-refractivity contribution in [3.05, 3.63) is 29.8 Å². The van der Waals surface area contributed by atoms with Crippen LogP contribution in [-0.4, -0.2) is 62.2 Å².